The lowest BCUT2D eigenvalue weighted by molar-refractivity contribution is -0.0152. The molecular weight excluding hydrogens is 618 g/mol. The summed E-state index contributed by atoms with van der Waals surface area (Å²) < 4.78 is 7.98. The average Bonchev–Trinajstić information content (AvgIpc) is 3.08. The van der Waals surface area contributed by atoms with Gasteiger partial charge in [0.1, 0.15) is 11.8 Å². The molecular formula is C14H17Br4N7O2. The van der Waals surface area contributed by atoms with Crippen molar-refractivity contribution in [3.05, 3.63) is 18.4 Å². The highest BCUT2D eigenvalue weighted by Crippen LogP contribution is 2.35. The molecule has 0 saturated carbocycles. The molecule has 2 aromatic rings. The number of rotatable bonds is 2. The van der Waals surface area contributed by atoms with Crippen LogP contribution in [0, 0.1) is 0 Å². The molecule has 2 unspecified atom stereocenters. The van der Waals surface area contributed by atoms with Gasteiger partial charge in [0, 0.05) is 13.0 Å². The van der Waals surface area contributed by atoms with Crippen LogP contribution in [-0.2, 0) is 4.74 Å². The van der Waals surface area contributed by atoms with Gasteiger partial charge in [0.25, 0.3) is 0 Å². The monoisotopic (exact) mass is 631 g/mol. The Morgan fingerprint density at radius 1 is 0.963 bits per heavy atom. The molecule has 0 radical (unpaired) electrons. The number of carbonyl (C=O) groups excluding carboxylic acids is 1. The van der Waals surface area contributed by atoms with Gasteiger partial charge in [-0.3, -0.25) is 4.90 Å². The molecule has 0 bridgehead atoms. The van der Waals surface area contributed by atoms with Crippen LogP contribution in [-0.4, -0.2) is 53.1 Å². The summed E-state index contributed by atoms with van der Waals surface area (Å²) in [6.45, 7) is 6.00. The summed E-state index contributed by atoms with van der Waals surface area (Å²) in [6.07, 6.45) is 0.406. The van der Waals surface area contributed by atoms with Crippen LogP contribution < -0.4 is 0 Å². The van der Waals surface area contributed by atoms with E-state index in [4.69, 9.17) is 4.74 Å². The fourth-order valence-electron chi connectivity index (χ4n) is 2.75. The van der Waals surface area contributed by atoms with E-state index >= 15 is 0 Å². The molecule has 27 heavy (non-hydrogen) atoms. The second kappa shape index (κ2) is 8.07. The number of amides is 1. The minimum Gasteiger partial charge on any atom is -0.444 e. The highest BCUT2D eigenvalue weighted by molar-refractivity contribution is 9.13. The molecule has 1 fully saturated rings. The van der Waals surface area contributed by atoms with E-state index in [0.29, 0.717) is 37.8 Å². The van der Waals surface area contributed by atoms with Crippen molar-refractivity contribution in [1.29, 1.82) is 0 Å². The Morgan fingerprint density at radius 3 is 1.93 bits per heavy atom. The number of nitrogens with zero attached hydrogens (tertiary/aromatic N) is 7. The number of hydrogen-bond acceptors (Lipinski definition) is 6. The topological polar surface area (TPSA) is 91.0 Å². The highest BCUT2D eigenvalue weighted by atomic mass is 79.9. The van der Waals surface area contributed by atoms with E-state index in [1.807, 2.05) is 20.8 Å². The van der Waals surface area contributed by atoms with E-state index in [2.05, 4.69) is 84.1 Å². The molecule has 1 aliphatic rings. The van der Waals surface area contributed by atoms with Gasteiger partial charge in [0.15, 0.2) is 18.4 Å². The Kier molecular flexibility index (Phi) is 6.33. The van der Waals surface area contributed by atoms with Crippen molar-refractivity contribution >= 4 is 69.8 Å². The Hall–Kier alpha value is -0.530. The van der Waals surface area contributed by atoms with E-state index in [1.54, 1.807) is 9.70 Å². The van der Waals surface area contributed by atoms with Crippen molar-refractivity contribution in [1.82, 2.24) is 34.9 Å². The summed E-state index contributed by atoms with van der Waals surface area (Å²) in [6, 6.07) is -0.0140. The molecule has 0 aliphatic carbocycles. The third-order valence-electron chi connectivity index (χ3n) is 3.87. The predicted octanol–water partition coefficient (Wildman–Crippen LogP) is 4.69. The van der Waals surface area contributed by atoms with Gasteiger partial charge >= 0.3 is 6.09 Å². The smallest absolute Gasteiger partial charge is 0.412 e. The third kappa shape index (κ3) is 4.91. The largest absolute Gasteiger partial charge is 0.444 e. The number of carbonyl (C=O) groups is 1. The standard InChI is InChI=1S/C14H17Br4N7O2/c1-14(2,3)27-13(26)23-5-4-7(24-19-9(15)10(16)20-24)6-8(23)25-21-11(17)12(18)22-25/h7-8H,4-6H2,1-3H3. The first-order valence-electron chi connectivity index (χ1n) is 8.10. The lowest BCUT2D eigenvalue weighted by Gasteiger charge is -2.38. The fourth-order valence-corrected chi connectivity index (χ4v) is 3.72. The summed E-state index contributed by atoms with van der Waals surface area (Å²) >= 11 is 13.4. The quantitative estimate of drug-likeness (QED) is 0.476. The van der Waals surface area contributed by atoms with E-state index in [9.17, 15) is 4.79 Å². The molecule has 3 heterocycles. The van der Waals surface area contributed by atoms with Crippen LogP contribution in [0.4, 0.5) is 4.79 Å². The van der Waals surface area contributed by atoms with Gasteiger partial charge in [-0.2, -0.15) is 9.59 Å². The summed E-state index contributed by atoms with van der Waals surface area (Å²) in [4.78, 5) is 17.6. The number of likely N-dealkylation sites (tertiary alicyclic amines) is 1. The van der Waals surface area contributed by atoms with Gasteiger partial charge in [-0.05, 0) is 90.9 Å². The summed E-state index contributed by atoms with van der Waals surface area (Å²) in [5.74, 6) is 0. The molecule has 0 aromatic carbocycles. The van der Waals surface area contributed by atoms with Gasteiger partial charge in [-0.15, -0.1) is 20.4 Å². The van der Waals surface area contributed by atoms with E-state index in [1.165, 1.54) is 4.80 Å². The van der Waals surface area contributed by atoms with Crippen molar-refractivity contribution in [2.75, 3.05) is 6.54 Å². The Balaban J connectivity index is 1.89. The van der Waals surface area contributed by atoms with Crippen molar-refractivity contribution in [3.63, 3.8) is 0 Å². The van der Waals surface area contributed by atoms with Gasteiger partial charge < -0.3 is 4.74 Å². The second-order valence-corrected chi connectivity index (χ2v) is 10.0. The summed E-state index contributed by atoms with van der Waals surface area (Å²) in [7, 11) is 0. The van der Waals surface area contributed by atoms with Gasteiger partial charge in [-0.1, -0.05) is 0 Å². The van der Waals surface area contributed by atoms with E-state index < -0.39 is 17.9 Å². The molecule has 3 rings (SSSR count). The summed E-state index contributed by atoms with van der Waals surface area (Å²) in [5.41, 5.74) is -0.587. The first kappa shape index (κ1) is 21.2. The average molecular weight is 635 g/mol. The molecule has 1 saturated heterocycles. The van der Waals surface area contributed by atoms with E-state index in [-0.39, 0.29) is 6.04 Å². The van der Waals surface area contributed by atoms with Gasteiger partial charge in [0.2, 0.25) is 0 Å². The normalized spacial score (nSPS) is 20.8. The molecule has 9 nitrogen and oxygen atoms in total. The molecule has 2 atom stereocenters. The number of ether oxygens (including phenoxy) is 1. The number of aromatic nitrogens is 6. The Labute approximate surface area is 189 Å². The van der Waals surface area contributed by atoms with Gasteiger partial charge in [-0.25, -0.2) is 4.79 Å². The maximum Gasteiger partial charge on any atom is 0.412 e. The molecule has 1 amide bonds. The molecule has 0 spiro atoms. The van der Waals surface area contributed by atoms with Crippen LogP contribution in [0.5, 0.6) is 0 Å². The lowest BCUT2D eigenvalue weighted by Crippen LogP contribution is -2.47. The van der Waals surface area contributed by atoms with Crippen molar-refractivity contribution in [3.8, 4) is 0 Å². The molecule has 0 N–H and O–H groups in total. The number of halogens is 4. The SMILES string of the molecule is CC(C)(C)OC(=O)N1CCC(n2nc(Br)c(Br)n2)CC1n1nc(Br)c(Br)n1. The molecule has 1 aliphatic heterocycles. The van der Waals surface area contributed by atoms with E-state index in [0.717, 1.165) is 0 Å². The third-order valence-corrected chi connectivity index (χ3v) is 7.07. The minimum absolute atomic E-state index is 0.0140. The Morgan fingerprint density at radius 2 is 1.44 bits per heavy atom. The van der Waals surface area contributed by atoms with Crippen LogP contribution in [0.3, 0.4) is 0 Å². The maximum absolute atomic E-state index is 12.7. The predicted molar refractivity (Wildman–Crippen MR) is 111 cm³/mol. The Bertz CT molecular complexity index is 808. The summed E-state index contributed by atoms with van der Waals surface area (Å²) in [5, 5.41) is 17.5. The number of hydrogen-bond donors (Lipinski definition) is 0. The van der Waals surface area contributed by atoms with Crippen LogP contribution in [0.15, 0.2) is 18.4 Å². The van der Waals surface area contributed by atoms with Crippen LogP contribution in [0.1, 0.15) is 45.8 Å². The first-order valence-corrected chi connectivity index (χ1v) is 11.3. The van der Waals surface area contributed by atoms with Crippen molar-refractivity contribution < 1.29 is 9.53 Å². The molecule has 2 aromatic heterocycles. The number of piperidine rings is 1. The highest BCUT2D eigenvalue weighted by Gasteiger charge is 2.38. The fraction of sp³-hybridized carbons (Fsp3) is 0.643. The minimum atomic E-state index is -0.587. The van der Waals surface area contributed by atoms with Crippen LogP contribution in [0.25, 0.3) is 0 Å². The van der Waals surface area contributed by atoms with Crippen LogP contribution >= 0.6 is 63.7 Å². The maximum atomic E-state index is 12.7. The first-order chi connectivity index (χ1) is 12.5. The zero-order chi connectivity index (χ0) is 19.9. The molecule has 148 valence electrons. The second-order valence-electron chi connectivity index (χ2n) is 7.04. The zero-order valence-corrected chi connectivity index (χ0v) is 21.1. The molecule has 13 heteroatoms. The van der Waals surface area contributed by atoms with Crippen LogP contribution in [0.2, 0.25) is 0 Å². The van der Waals surface area contributed by atoms with Gasteiger partial charge in [0.05, 0.1) is 6.04 Å². The lowest BCUT2D eigenvalue weighted by atomic mass is 10.0. The van der Waals surface area contributed by atoms with Crippen molar-refractivity contribution in [2.24, 2.45) is 0 Å². The van der Waals surface area contributed by atoms with Crippen molar-refractivity contribution in [2.45, 2.75) is 51.4 Å². The zero-order valence-electron chi connectivity index (χ0n) is 14.7.